The van der Waals surface area contributed by atoms with Crippen LogP contribution in [0.2, 0.25) is 0 Å². The fraction of sp³-hybridized carbons (Fsp3) is 1.00. The van der Waals surface area contributed by atoms with Crippen molar-refractivity contribution in [3.8, 4) is 0 Å². The van der Waals surface area contributed by atoms with E-state index in [0.29, 0.717) is 33.0 Å². The van der Waals surface area contributed by atoms with Crippen molar-refractivity contribution in [1.29, 1.82) is 0 Å². The maximum atomic E-state index is 8.32. The van der Waals surface area contributed by atoms with Crippen molar-refractivity contribution >= 4 is 0 Å². The van der Waals surface area contributed by atoms with Gasteiger partial charge in [0.25, 0.3) is 0 Å². The van der Waals surface area contributed by atoms with Crippen LogP contribution in [0.15, 0.2) is 0 Å². The number of methoxy groups -OCH3 is 1. The summed E-state index contributed by atoms with van der Waals surface area (Å²) in [5.41, 5.74) is 0. The van der Waals surface area contributed by atoms with Crippen molar-refractivity contribution < 1.29 is 50.3 Å². The van der Waals surface area contributed by atoms with Crippen LogP contribution in [0.4, 0.5) is 0 Å². The van der Waals surface area contributed by atoms with Crippen LogP contribution in [0.5, 0.6) is 0 Å². The molecule has 4 nitrogen and oxygen atoms in total. The van der Waals surface area contributed by atoms with Gasteiger partial charge in [-0.15, -0.1) is 0 Å². The summed E-state index contributed by atoms with van der Waals surface area (Å²) in [7, 11) is 1.63. The number of hydrogen-bond donors (Lipinski definition) is 1. The molecule has 0 aromatic rings. The summed E-state index contributed by atoms with van der Waals surface area (Å²) in [4.78, 5) is 0. The molecule has 0 aliphatic heterocycles. The smallest absolute Gasteiger partial charge is 1.00 e. The predicted octanol–water partition coefficient (Wildman–Crippen LogP) is -3.23. The molecule has 70 valence electrons. The molecule has 0 aromatic carbocycles. The topological polar surface area (TPSA) is 47.9 Å². The molecule has 0 spiro atoms. The van der Waals surface area contributed by atoms with Gasteiger partial charge in [-0.1, -0.05) is 0 Å². The Morgan fingerprint density at radius 2 is 1.50 bits per heavy atom. The third-order valence-corrected chi connectivity index (χ3v) is 1.04. The second kappa shape index (κ2) is 14.4. The third-order valence-electron chi connectivity index (χ3n) is 1.04. The molecule has 0 fully saturated rings. The van der Waals surface area contributed by atoms with Gasteiger partial charge in [-0.25, -0.2) is 0 Å². The normalized spacial score (nSPS) is 9.50. The summed E-state index contributed by atoms with van der Waals surface area (Å²) in [6, 6.07) is 0. The number of aliphatic hydroxyl groups is 1. The summed E-state index contributed by atoms with van der Waals surface area (Å²) < 4.78 is 14.8. The van der Waals surface area contributed by atoms with Crippen molar-refractivity contribution in [1.82, 2.24) is 0 Å². The average Bonchev–Trinajstić information content (AvgIpc) is 2.03. The zero-order chi connectivity index (χ0) is 8.36. The van der Waals surface area contributed by atoms with E-state index in [2.05, 4.69) is 0 Å². The van der Waals surface area contributed by atoms with Crippen LogP contribution in [-0.2, 0) is 14.2 Å². The van der Waals surface area contributed by atoms with Gasteiger partial charge >= 0.3 is 29.6 Å². The number of rotatable bonds is 8. The standard InChI is InChI=1S/C7H16O4.Na.H/c1-9-4-5-11-7-6-10-3-2-8;;/h8H,2-7H2,1H3;;/q;+1;-1. The molecule has 5 heteroatoms. The molecule has 12 heavy (non-hydrogen) atoms. The van der Waals surface area contributed by atoms with Gasteiger partial charge in [-0.2, -0.15) is 0 Å². The van der Waals surface area contributed by atoms with Gasteiger partial charge in [0.2, 0.25) is 0 Å². The first-order valence-corrected chi connectivity index (χ1v) is 3.67. The van der Waals surface area contributed by atoms with Crippen molar-refractivity contribution in [3.05, 3.63) is 0 Å². The van der Waals surface area contributed by atoms with Crippen LogP contribution in [-0.4, -0.2) is 51.9 Å². The van der Waals surface area contributed by atoms with Crippen LogP contribution in [0.1, 0.15) is 1.43 Å². The number of ether oxygens (including phenoxy) is 3. The molecular weight excluding hydrogens is 171 g/mol. The Morgan fingerprint density at radius 1 is 1.00 bits per heavy atom. The van der Waals surface area contributed by atoms with E-state index in [1.165, 1.54) is 0 Å². The Bertz CT molecular complexity index is 69.5. The summed E-state index contributed by atoms with van der Waals surface area (Å²) in [6.45, 7) is 2.75. The van der Waals surface area contributed by atoms with Crippen LogP contribution in [0.25, 0.3) is 0 Å². The SMILES string of the molecule is COCCOCCOCCO.[H-].[Na+]. The minimum absolute atomic E-state index is 0. The second-order valence-corrected chi connectivity index (χ2v) is 1.94. The molecule has 0 aromatic heterocycles. The Balaban J connectivity index is -0.000000500. The molecule has 0 aliphatic carbocycles. The van der Waals surface area contributed by atoms with Gasteiger partial charge in [-0.05, 0) is 0 Å². The Hall–Kier alpha value is 0.840. The van der Waals surface area contributed by atoms with E-state index >= 15 is 0 Å². The van der Waals surface area contributed by atoms with Gasteiger partial charge in [0, 0.05) is 7.11 Å². The molecule has 0 saturated heterocycles. The van der Waals surface area contributed by atoms with Crippen molar-refractivity contribution in [2.75, 3.05) is 46.8 Å². The maximum Gasteiger partial charge on any atom is 1.00 e. The van der Waals surface area contributed by atoms with E-state index < -0.39 is 0 Å². The zero-order valence-corrected chi connectivity index (χ0v) is 9.91. The molecule has 0 aliphatic rings. The molecule has 0 atom stereocenters. The van der Waals surface area contributed by atoms with Gasteiger partial charge in [-0.3, -0.25) is 0 Å². The first kappa shape index (κ1) is 15.3. The molecule has 0 heterocycles. The second-order valence-electron chi connectivity index (χ2n) is 1.94. The van der Waals surface area contributed by atoms with E-state index in [1.54, 1.807) is 7.11 Å². The molecule has 0 bridgehead atoms. The summed E-state index contributed by atoms with van der Waals surface area (Å²) in [5.74, 6) is 0. The van der Waals surface area contributed by atoms with E-state index in [1.807, 2.05) is 0 Å². The summed E-state index contributed by atoms with van der Waals surface area (Å²) in [6.07, 6.45) is 0. The third kappa shape index (κ3) is 13.4. The quantitative estimate of drug-likeness (QED) is 0.321. The van der Waals surface area contributed by atoms with Gasteiger partial charge in [0.15, 0.2) is 0 Å². The van der Waals surface area contributed by atoms with E-state index in [-0.39, 0.29) is 37.6 Å². The van der Waals surface area contributed by atoms with Gasteiger partial charge < -0.3 is 20.7 Å². The summed E-state index contributed by atoms with van der Waals surface area (Å²) >= 11 is 0. The van der Waals surface area contributed by atoms with Crippen molar-refractivity contribution in [3.63, 3.8) is 0 Å². The molecule has 0 radical (unpaired) electrons. The van der Waals surface area contributed by atoms with Gasteiger partial charge in [0.1, 0.15) is 0 Å². The predicted molar refractivity (Wildman–Crippen MR) is 41.7 cm³/mol. The Morgan fingerprint density at radius 3 is 2.00 bits per heavy atom. The molecule has 1 N–H and O–H groups in total. The zero-order valence-electron chi connectivity index (χ0n) is 8.91. The van der Waals surface area contributed by atoms with Crippen LogP contribution < -0.4 is 29.6 Å². The fourth-order valence-electron chi connectivity index (χ4n) is 0.529. The summed E-state index contributed by atoms with van der Waals surface area (Å²) in [5, 5.41) is 8.32. The maximum absolute atomic E-state index is 8.32. The first-order chi connectivity index (χ1) is 5.41. The first-order valence-electron chi connectivity index (χ1n) is 3.67. The minimum Gasteiger partial charge on any atom is -1.00 e. The van der Waals surface area contributed by atoms with Gasteiger partial charge in [0.05, 0.1) is 39.6 Å². The largest absolute Gasteiger partial charge is 1.00 e. The molecule has 0 amide bonds. The molecular formula is C7H17NaO4. The Kier molecular flexibility index (Phi) is 18.3. The van der Waals surface area contributed by atoms with E-state index in [0.717, 1.165) is 0 Å². The Labute approximate surface area is 97.0 Å². The molecule has 0 saturated carbocycles. The van der Waals surface area contributed by atoms with Crippen LogP contribution in [0.3, 0.4) is 0 Å². The molecule has 0 unspecified atom stereocenters. The average molecular weight is 188 g/mol. The van der Waals surface area contributed by atoms with Crippen molar-refractivity contribution in [2.45, 2.75) is 0 Å². The van der Waals surface area contributed by atoms with Crippen LogP contribution >= 0.6 is 0 Å². The number of hydrogen-bond acceptors (Lipinski definition) is 4. The number of aliphatic hydroxyl groups excluding tert-OH is 1. The molecule has 0 rings (SSSR count). The monoisotopic (exact) mass is 188 g/mol. The van der Waals surface area contributed by atoms with E-state index in [4.69, 9.17) is 19.3 Å². The van der Waals surface area contributed by atoms with Crippen molar-refractivity contribution in [2.24, 2.45) is 0 Å². The van der Waals surface area contributed by atoms with E-state index in [9.17, 15) is 0 Å². The minimum atomic E-state index is 0. The fourth-order valence-corrected chi connectivity index (χ4v) is 0.529. The van der Waals surface area contributed by atoms with Crippen LogP contribution in [0, 0.1) is 0 Å².